The standard InChI is InChI=1S/C15H26O/c1-14-10-8-6-4-2-3-5-7-9-11-15(16)13-12-14/h6,8,14H,2-5,7,9-13H2,1H3. The predicted octanol–water partition coefficient (Wildman–Crippen LogP) is 4.66. The Morgan fingerprint density at radius 1 is 1.00 bits per heavy atom. The molecule has 0 spiro atoms. The van der Waals surface area contributed by atoms with Crippen LogP contribution in [-0.2, 0) is 4.79 Å². The number of hydrogen-bond donors (Lipinski definition) is 0. The lowest BCUT2D eigenvalue weighted by Crippen LogP contribution is -2.02. The van der Waals surface area contributed by atoms with Crippen molar-refractivity contribution < 1.29 is 4.79 Å². The topological polar surface area (TPSA) is 17.1 Å². The van der Waals surface area contributed by atoms with E-state index in [4.69, 9.17) is 0 Å². The highest BCUT2D eigenvalue weighted by Crippen LogP contribution is 2.15. The highest BCUT2D eigenvalue weighted by atomic mass is 16.1. The van der Waals surface area contributed by atoms with Gasteiger partial charge >= 0.3 is 0 Å². The minimum absolute atomic E-state index is 0.480. The van der Waals surface area contributed by atoms with Crippen LogP contribution in [0.3, 0.4) is 0 Å². The van der Waals surface area contributed by atoms with Crippen LogP contribution < -0.4 is 0 Å². The predicted molar refractivity (Wildman–Crippen MR) is 69.5 cm³/mol. The molecule has 1 atom stereocenters. The van der Waals surface area contributed by atoms with E-state index in [-0.39, 0.29) is 0 Å². The first-order valence-electron chi connectivity index (χ1n) is 6.95. The number of allylic oxidation sites excluding steroid dienone is 2. The molecule has 1 aliphatic carbocycles. The highest BCUT2D eigenvalue weighted by molar-refractivity contribution is 5.78. The van der Waals surface area contributed by atoms with Gasteiger partial charge in [0, 0.05) is 12.8 Å². The summed E-state index contributed by atoms with van der Waals surface area (Å²) in [6.45, 7) is 2.25. The van der Waals surface area contributed by atoms with Crippen molar-refractivity contribution in [3.63, 3.8) is 0 Å². The molecule has 1 nitrogen and oxygen atoms in total. The van der Waals surface area contributed by atoms with Crippen LogP contribution in [0.5, 0.6) is 0 Å². The first kappa shape index (κ1) is 13.5. The average molecular weight is 222 g/mol. The minimum Gasteiger partial charge on any atom is -0.300 e. The zero-order chi connectivity index (χ0) is 11.6. The summed E-state index contributed by atoms with van der Waals surface area (Å²) in [7, 11) is 0. The van der Waals surface area contributed by atoms with Crippen LogP contribution in [0.25, 0.3) is 0 Å². The lowest BCUT2D eigenvalue weighted by molar-refractivity contribution is -0.119. The van der Waals surface area contributed by atoms with Crippen LogP contribution in [0.1, 0.15) is 71.1 Å². The van der Waals surface area contributed by atoms with Crippen LogP contribution in [0.15, 0.2) is 12.2 Å². The highest BCUT2D eigenvalue weighted by Gasteiger charge is 2.06. The van der Waals surface area contributed by atoms with Gasteiger partial charge in [0.1, 0.15) is 5.78 Å². The fourth-order valence-electron chi connectivity index (χ4n) is 2.21. The van der Waals surface area contributed by atoms with Crippen molar-refractivity contribution >= 4 is 5.78 Å². The second-order valence-electron chi connectivity index (χ2n) is 5.20. The Morgan fingerprint density at radius 3 is 2.62 bits per heavy atom. The SMILES string of the molecule is CC1CC=CCCCCCCCC(=O)CC1. The molecule has 0 saturated heterocycles. The molecule has 0 heterocycles. The van der Waals surface area contributed by atoms with Crippen LogP contribution >= 0.6 is 0 Å². The molecule has 0 bridgehead atoms. The molecule has 0 aromatic heterocycles. The van der Waals surface area contributed by atoms with Crippen molar-refractivity contribution in [3.05, 3.63) is 12.2 Å². The summed E-state index contributed by atoms with van der Waals surface area (Å²) in [5, 5.41) is 0. The number of Topliss-reactive ketones (excluding diaryl/α,β-unsaturated/α-hetero) is 1. The first-order valence-corrected chi connectivity index (χ1v) is 6.95. The van der Waals surface area contributed by atoms with Gasteiger partial charge in [-0.3, -0.25) is 4.79 Å². The number of carbonyl (C=O) groups excluding carboxylic acids is 1. The molecule has 92 valence electrons. The lowest BCUT2D eigenvalue weighted by atomic mass is 9.97. The molecule has 0 aromatic rings. The van der Waals surface area contributed by atoms with E-state index in [0.717, 1.165) is 32.1 Å². The summed E-state index contributed by atoms with van der Waals surface area (Å²) in [5.41, 5.74) is 0. The third kappa shape index (κ3) is 6.81. The molecule has 0 saturated carbocycles. The van der Waals surface area contributed by atoms with E-state index in [9.17, 15) is 4.79 Å². The fourth-order valence-corrected chi connectivity index (χ4v) is 2.21. The second kappa shape index (κ2) is 8.55. The molecule has 0 aliphatic heterocycles. The monoisotopic (exact) mass is 222 g/mol. The molecule has 1 aliphatic rings. The van der Waals surface area contributed by atoms with Gasteiger partial charge in [-0.05, 0) is 38.0 Å². The third-order valence-corrected chi connectivity index (χ3v) is 3.45. The van der Waals surface area contributed by atoms with Crippen molar-refractivity contribution in [2.24, 2.45) is 5.92 Å². The summed E-state index contributed by atoms with van der Waals surface area (Å²) < 4.78 is 0. The molecular weight excluding hydrogens is 196 g/mol. The van der Waals surface area contributed by atoms with Gasteiger partial charge in [0.2, 0.25) is 0 Å². The maximum absolute atomic E-state index is 11.6. The summed E-state index contributed by atoms with van der Waals surface area (Å²) in [6.07, 6.45) is 16.0. The molecule has 1 unspecified atom stereocenters. The molecule has 0 N–H and O–H groups in total. The Balaban J connectivity index is 2.31. The number of hydrogen-bond acceptors (Lipinski definition) is 1. The van der Waals surface area contributed by atoms with Crippen LogP contribution in [0.2, 0.25) is 0 Å². The Labute approximate surface area is 100 Å². The van der Waals surface area contributed by atoms with Gasteiger partial charge < -0.3 is 0 Å². The lowest BCUT2D eigenvalue weighted by Gasteiger charge is -2.08. The summed E-state index contributed by atoms with van der Waals surface area (Å²) in [5.74, 6) is 1.15. The van der Waals surface area contributed by atoms with E-state index >= 15 is 0 Å². The van der Waals surface area contributed by atoms with Crippen molar-refractivity contribution in [1.82, 2.24) is 0 Å². The maximum atomic E-state index is 11.6. The number of ketones is 1. The van der Waals surface area contributed by atoms with Crippen LogP contribution in [-0.4, -0.2) is 5.78 Å². The number of rotatable bonds is 0. The Bertz CT molecular complexity index is 217. The average Bonchev–Trinajstić information content (AvgIpc) is 2.28. The van der Waals surface area contributed by atoms with E-state index < -0.39 is 0 Å². The molecular formula is C15H26O. The summed E-state index contributed by atoms with van der Waals surface area (Å²) >= 11 is 0. The zero-order valence-electron chi connectivity index (χ0n) is 10.7. The Morgan fingerprint density at radius 2 is 1.75 bits per heavy atom. The van der Waals surface area contributed by atoms with Crippen LogP contribution in [0, 0.1) is 5.92 Å². The largest absolute Gasteiger partial charge is 0.300 e. The van der Waals surface area contributed by atoms with Gasteiger partial charge in [-0.2, -0.15) is 0 Å². The van der Waals surface area contributed by atoms with Crippen LogP contribution in [0.4, 0.5) is 0 Å². The second-order valence-corrected chi connectivity index (χ2v) is 5.20. The number of carbonyl (C=O) groups is 1. The van der Waals surface area contributed by atoms with Crippen molar-refractivity contribution in [3.8, 4) is 0 Å². The van der Waals surface area contributed by atoms with Gasteiger partial charge in [-0.25, -0.2) is 0 Å². The van der Waals surface area contributed by atoms with E-state index in [1.54, 1.807) is 0 Å². The fraction of sp³-hybridized carbons (Fsp3) is 0.800. The zero-order valence-corrected chi connectivity index (χ0v) is 10.7. The van der Waals surface area contributed by atoms with Crippen molar-refractivity contribution in [1.29, 1.82) is 0 Å². The molecule has 0 radical (unpaired) electrons. The van der Waals surface area contributed by atoms with Gasteiger partial charge in [-0.15, -0.1) is 0 Å². The molecule has 0 amide bonds. The third-order valence-electron chi connectivity index (χ3n) is 3.45. The van der Waals surface area contributed by atoms with E-state index in [0.29, 0.717) is 11.7 Å². The minimum atomic E-state index is 0.480. The smallest absolute Gasteiger partial charge is 0.132 e. The normalized spacial score (nSPS) is 26.3. The quantitative estimate of drug-likeness (QED) is 0.545. The molecule has 16 heavy (non-hydrogen) atoms. The molecule has 1 rings (SSSR count). The molecule has 1 heteroatoms. The van der Waals surface area contributed by atoms with Gasteiger partial charge in [0.25, 0.3) is 0 Å². The summed E-state index contributed by atoms with van der Waals surface area (Å²) in [6, 6.07) is 0. The molecule has 0 aromatic carbocycles. The van der Waals surface area contributed by atoms with Gasteiger partial charge in [-0.1, -0.05) is 38.3 Å². The van der Waals surface area contributed by atoms with Crippen molar-refractivity contribution in [2.45, 2.75) is 71.1 Å². The van der Waals surface area contributed by atoms with Crippen molar-refractivity contribution in [2.75, 3.05) is 0 Å². The van der Waals surface area contributed by atoms with E-state index in [2.05, 4.69) is 19.1 Å². The molecule has 0 fully saturated rings. The Hall–Kier alpha value is -0.590. The van der Waals surface area contributed by atoms with Gasteiger partial charge in [0.15, 0.2) is 0 Å². The van der Waals surface area contributed by atoms with E-state index in [1.807, 2.05) is 0 Å². The Kier molecular flexibility index (Phi) is 7.20. The maximum Gasteiger partial charge on any atom is 0.132 e. The van der Waals surface area contributed by atoms with E-state index in [1.165, 1.54) is 32.1 Å². The summed E-state index contributed by atoms with van der Waals surface area (Å²) in [4.78, 5) is 11.6. The first-order chi connectivity index (χ1) is 7.79. The van der Waals surface area contributed by atoms with Gasteiger partial charge in [0.05, 0.1) is 0 Å².